The number of halogens is 1. The minimum absolute atomic E-state index is 0.260. The molecule has 1 heterocycles. The van der Waals surface area contributed by atoms with Gasteiger partial charge >= 0.3 is 0 Å². The van der Waals surface area contributed by atoms with Gasteiger partial charge in [-0.15, -0.1) is 0 Å². The Labute approximate surface area is 90.9 Å². The molecule has 3 heteroatoms. The lowest BCUT2D eigenvalue weighted by Crippen LogP contribution is -2.21. The first-order chi connectivity index (χ1) is 7.27. The molecule has 1 aromatic heterocycles. The molecule has 0 aliphatic rings. The summed E-state index contributed by atoms with van der Waals surface area (Å²) < 4.78 is 12.7. The molecule has 0 spiro atoms. The van der Waals surface area contributed by atoms with Crippen molar-refractivity contribution >= 4 is 0 Å². The molecule has 0 amide bonds. The van der Waals surface area contributed by atoms with Crippen LogP contribution in [-0.4, -0.2) is 11.5 Å². The molecule has 84 valence electrons. The largest absolute Gasteiger partial charge is 0.309 e. The predicted molar refractivity (Wildman–Crippen MR) is 60.1 cm³/mol. The molecule has 0 aliphatic carbocycles. The average Bonchev–Trinajstić information content (AvgIpc) is 2.25. The smallest absolute Gasteiger partial charge is 0.141 e. The van der Waals surface area contributed by atoms with Crippen molar-refractivity contribution in [3.8, 4) is 0 Å². The van der Waals surface area contributed by atoms with E-state index in [2.05, 4.69) is 24.1 Å². The van der Waals surface area contributed by atoms with Gasteiger partial charge in [-0.3, -0.25) is 4.98 Å². The van der Waals surface area contributed by atoms with E-state index in [0.717, 1.165) is 25.1 Å². The molecule has 0 bridgehead atoms. The number of nitrogens with zero attached hydrogens (tertiary/aromatic N) is 1. The van der Waals surface area contributed by atoms with Gasteiger partial charge < -0.3 is 5.32 Å². The summed E-state index contributed by atoms with van der Waals surface area (Å²) in [6, 6.07) is 3.49. The minimum Gasteiger partial charge on any atom is -0.309 e. The van der Waals surface area contributed by atoms with Gasteiger partial charge in [-0.25, -0.2) is 4.39 Å². The Balaban J connectivity index is 2.65. The van der Waals surface area contributed by atoms with E-state index in [1.165, 1.54) is 18.7 Å². The highest BCUT2D eigenvalue weighted by molar-refractivity contribution is 5.09. The monoisotopic (exact) mass is 210 g/mol. The standard InChI is InChI=1S/C12H19FN2/c1-3-5-6-11(14-4-2)12-8-7-10(13)9-15-12/h7-9,11,14H,3-6H2,1-2H3. The number of rotatable bonds is 6. The molecule has 0 aromatic carbocycles. The Bertz CT molecular complexity index is 271. The molecule has 0 saturated heterocycles. The summed E-state index contributed by atoms with van der Waals surface area (Å²) in [5, 5.41) is 3.37. The molecule has 2 nitrogen and oxygen atoms in total. The van der Waals surface area contributed by atoms with E-state index in [0.29, 0.717) is 0 Å². The van der Waals surface area contributed by atoms with Gasteiger partial charge in [0.15, 0.2) is 0 Å². The summed E-state index contributed by atoms with van der Waals surface area (Å²) >= 11 is 0. The quantitative estimate of drug-likeness (QED) is 0.780. The minimum atomic E-state index is -0.274. The second kappa shape index (κ2) is 6.51. The van der Waals surface area contributed by atoms with Crippen LogP contribution in [0.4, 0.5) is 4.39 Å². The first-order valence-corrected chi connectivity index (χ1v) is 5.62. The van der Waals surface area contributed by atoms with E-state index in [1.54, 1.807) is 6.07 Å². The Morgan fingerprint density at radius 2 is 2.20 bits per heavy atom. The molecular weight excluding hydrogens is 191 g/mol. The number of hydrogen-bond donors (Lipinski definition) is 1. The van der Waals surface area contributed by atoms with Crippen molar-refractivity contribution in [2.45, 2.75) is 39.2 Å². The number of aromatic nitrogens is 1. The van der Waals surface area contributed by atoms with Gasteiger partial charge in [0, 0.05) is 6.04 Å². The van der Waals surface area contributed by atoms with Crippen molar-refractivity contribution < 1.29 is 4.39 Å². The molecule has 1 rings (SSSR count). The molecule has 0 saturated carbocycles. The maximum atomic E-state index is 12.7. The van der Waals surface area contributed by atoms with Crippen LogP contribution in [0, 0.1) is 5.82 Å². The maximum absolute atomic E-state index is 12.7. The van der Waals surface area contributed by atoms with Crippen LogP contribution < -0.4 is 5.32 Å². The fourth-order valence-corrected chi connectivity index (χ4v) is 1.60. The zero-order valence-electron chi connectivity index (χ0n) is 9.46. The van der Waals surface area contributed by atoms with Crippen molar-refractivity contribution in [1.29, 1.82) is 0 Å². The van der Waals surface area contributed by atoms with E-state index in [1.807, 2.05) is 0 Å². The molecule has 0 fully saturated rings. The first kappa shape index (κ1) is 12.1. The number of hydrogen-bond acceptors (Lipinski definition) is 2. The van der Waals surface area contributed by atoms with Crippen LogP contribution in [0.25, 0.3) is 0 Å². The predicted octanol–water partition coefficient (Wildman–Crippen LogP) is 3.06. The highest BCUT2D eigenvalue weighted by atomic mass is 19.1. The molecule has 1 aromatic rings. The summed E-state index contributed by atoms with van der Waals surface area (Å²) in [6.45, 7) is 5.15. The Kier molecular flexibility index (Phi) is 5.26. The van der Waals surface area contributed by atoms with Gasteiger partial charge in [-0.2, -0.15) is 0 Å². The van der Waals surface area contributed by atoms with Crippen LogP contribution in [0.1, 0.15) is 44.8 Å². The number of nitrogens with one attached hydrogen (secondary N) is 1. The highest BCUT2D eigenvalue weighted by Crippen LogP contribution is 2.17. The fraction of sp³-hybridized carbons (Fsp3) is 0.583. The summed E-state index contributed by atoms with van der Waals surface area (Å²) in [4.78, 5) is 4.11. The van der Waals surface area contributed by atoms with Gasteiger partial charge in [0.25, 0.3) is 0 Å². The van der Waals surface area contributed by atoms with Crippen LogP contribution in [0.15, 0.2) is 18.3 Å². The SMILES string of the molecule is CCCCC(NCC)c1ccc(F)cn1. The number of unbranched alkanes of at least 4 members (excludes halogenated alkanes) is 1. The van der Waals surface area contributed by atoms with E-state index in [4.69, 9.17) is 0 Å². The lowest BCUT2D eigenvalue weighted by Gasteiger charge is -2.16. The molecule has 0 aliphatic heterocycles. The maximum Gasteiger partial charge on any atom is 0.141 e. The van der Waals surface area contributed by atoms with E-state index in [9.17, 15) is 4.39 Å². The average molecular weight is 210 g/mol. The lowest BCUT2D eigenvalue weighted by molar-refractivity contribution is 0.482. The second-order valence-electron chi connectivity index (χ2n) is 3.65. The van der Waals surface area contributed by atoms with Crippen molar-refractivity contribution in [3.05, 3.63) is 29.8 Å². The van der Waals surface area contributed by atoms with Crippen LogP contribution in [0.2, 0.25) is 0 Å². The molecular formula is C12H19FN2. The summed E-state index contributed by atoms with van der Waals surface area (Å²) in [5.41, 5.74) is 0.937. The van der Waals surface area contributed by atoms with Crippen LogP contribution in [0.5, 0.6) is 0 Å². The van der Waals surface area contributed by atoms with E-state index in [-0.39, 0.29) is 11.9 Å². The zero-order chi connectivity index (χ0) is 11.1. The third-order valence-electron chi connectivity index (χ3n) is 2.40. The van der Waals surface area contributed by atoms with Crippen molar-refractivity contribution in [2.24, 2.45) is 0 Å². The zero-order valence-corrected chi connectivity index (χ0v) is 9.46. The van der Waals surface area contributed by atoms with Crippen LogP contribution in [-0.2, 0) is 0 Å². The van der Waals surface area contributed by atoms with Gasteiger partial charge in [-0.1, -0.05) is 26.7 Å². The fourth-order valence-electron chi connectivity index (χ4n) is 1.60. The topological polar surface area (TPSA) is 24.9 Å². The third-order valence-corrected chi connectivity index (χ3v) is 2.40. The van der Waals surface area contributed by atoms with E-state index < -0.39 is 0 Å². The second-order valence-corrected chi connectivity index (χ2v) is 3.65. The lowest BCUT2D eigenvalue weighted by atomic mass is 10.1. The summed E-state index contributed by atoms with van der Waals surface area (Å²) in [7, 11) is 0. The number of pyridine rings is 1. The van der Waals surface area contributed by atoms with Crippen molar-refractivity contribution in [3.63, 3.8) is 0 Å². The molecule has 1 atom stereocenters. The Morgan fingerprint density at radius 1 is 1.40 bits per heavy atom. The normalized spacial score (nSPS) is 12.7. The van der Waals surface area contributed by atoms with Gasteiger partial charge in [-0.05, 0) is 25.1 Å². The Morgan fingerprint density at radius 3 is 2.73 bits per heavy atom. The van der Waals surface area contributed by atoms with Crippen molar-refractivity contribution in [1.82, 2.24) is 10.3 Å². The van der Waals surface area contributed by atoms with Crippen LogP contribution >= 0.6 is 0 Å². The van der Waals surface area contributed by atoms with Crippen LogP contribution in [0.3, 0.4) is 0 Å². The Hall–Kier alpha value is -0.960. The molecule has 1 N–H and O–H groups in total. The molecule has 1 unspecified atom stereocenters. The van der Waals surface area contributed by atoms with Gasteiger partial charge in [0.1, 0.15) is 5.82 Å². The highest BCUT2D eigenvalue weighted by Gasteiger charge is 2.10. The third kappa shape index (κ3) is 3.96. The summed E-state index contributed by atoms with van der Waals surface area (Å²) in [6.07, 6.45) is 4.68. The molecule has 0 radical (unpaired) electrons. The van der Waals surface area contributed by atoms with E-state index >= 15 is 0 Å². The van der Waals surface area contributed by atoms with Gasteiger partial charge in [0.05, 0.1) is 11.9 Å². The van der Waals surface area contributed by atoms with Crippen molar-refractivity contribution in [2.75, 3.05) is 6.54 Å². The summed E-state index contributed by atoms with van der Waals surface area (Å²) in [5.74, 6) is -0.274. The first-order valence-electron chi connectivity index (χ1n) is 5.62. The van der Waals surface area contributed by atoms with Gasteiger partial charge in [0.2, 0.25) is 0 Å². The molecule has 15 heavy (non-hydrogen) atoms.